The molecule has 22 heavy (non-hydrogen) atoms. The molecule has 9 heteroatoms. The van der Waals surface area contributed by atoms with Crippen LogP contribution >= 0.6 is 0 Å². The maximum absolute atomic E-state index is 13.3. The summed E-state index contributed by atoms with van der Waals surface area (Å²) in [5.74, 6) is -12.7. The van der Waals surface area contributed by atoms with E-state index in [0.717, 1.165) is 12.1 Å². The molecule has 0 amide bonds. The summed E-state index contributed by atoms with van der Waals surface area (Å²) in [5.41, 5.74) is -0.0665. The summed E-state index contributed by atoms with van der Waals surface area (Å²) < 4.78 is 91.1. The van der Waals surface area contributed by atoms with Gasteiger partial charge in [0, 0.05) is 11.6 Å². The van der Waals surface area contributed by atoms with Gasteiger partial charge in [0.2, 0.25) is 5.82 Å². The minimum absolute atomic E-state index is 0.266. The van der Waals surface area contributed by atoms with E-state index in [9.17, 15) is 30.7 Å². The lowest BCUT2D eigenvalue weighted by molar-refractivity contribution is 0.381. The Morgan fingerprint density at radius 3 is 1.86 bits per heavy atom. The second kappa shape index (κ2) is 6.04. The SMILES string of the molecule is Fc1ccc(/C=N/Nc2c(F)c(F)c(F)c(F)c2F)c(F)c1. The second-order valence-electron chi connectivity index (χ2n) is 3.98. The van der Waals surface area contributed by atoms with Gasteiger partial charge >= 0.3 is 0 Å². The first-order valence-electron chi connectivity index (χ1n) is 5.58. The van der Waals surface area contributed by atoms with E-state index >= 15 is 0 Å². The summed E-state index contributed by atoms with van der Waals surface area (Å²) in [6.45, 7) is 0. The first-order chi connectivity index (χ1) is 10.3. The van der Waals surface area contributed by atoms with Crippen LogP contribution in [0.3, 0.4) is 0 Å². The van der Waals surface area contributed by atoms with Gasteiger partial charge in [0.05, 0.1) is 6.21 Å². The zero-order valence-electron chi connectivity index (χ0n) is 10.4. The van der Waals surface area contributed by atoms with Crippen LogP contribution in [-0.2, 0) is 0 Å². The van der Waals surface area contributed by atoms with Crippen molar-refractivity contribution >= 4 is 11.9 Å². The Kier molecular flexibility index (Phi) is 4.34. The molecular formula is C13H5F7N2. The average molecular weight is 322 g/mol. The van der Waals surface area contributed by atoms with Crippen molar-refractivity contribution in [2.24, 2.45) is 5.10 Å². The first-order valence-corrected chi connectivity index (χ1v) is 5.58. The lowest BCUT2D eigenvalue weighted by Crippen LogP contribution is -2.06. The van der Waals surface area contributed by atoms with Gasteiger partial charge in [-0.3, -0.25) is 5.43 Å². The summed E-state index contributed by atoms with van der Waals surface area (Å²) in [7, 11) is 0. The highest BCUT2D eigenvalue weighted by Crippen LogP contribution is 2.27. The highest BCUT2D eigenvalue weighted by molar-refractivity contribution is 5.80. The number of benzene rings is 2. The number of nitrogens with one attached hydrogen (secondary N) is 1. The van der Waals surface area contributed by atoms with Crippen molar-refractivity contribution < 1.29 is 30.7 Å². The molecule has 0 radical (unpaired) electrons. The molecule has 0 aromatic heterocycles. The quantitative estimate of drug-likeness (QED) is 0.297. The average Bonchev–Trinajstić information content (AvgIpc) is 2.48. The summed E-state index contributed by atoms with van der Waals surface area (Å²) in [6, 6.07) is 2.39. The number of rotatable bonds is 3. The van der Waals surface area contributed by atoms with Crippen LogP contribution in [0.15, 0.2) is 23.3 Å². The lowest BCUT2D eigenvalue weighted by Gasteiger charge is -2.07. The van der Waals surface area contributed by atoms with E-state index in [1.807, 2.05) is 0 Å². The van der Waals surface area contributed by atoms with Crippen LogP contribution in [0, 0.1) is 40.7 Å². The summed E-state index contributed by atoms with van der Waals surface area (Å²) in [6.07, 6.45) is 0.687. The van der Waals surface area contributed by atoms with E-state index in [-0.39, 0.29) is 5.56 Å². The van der Waals surface area contributed by atoms with Crippen molar-refractivity contribution in [2.45, 2.75) is 0 Å². The molecule has 0 atom stereocenters. The fourth-order valence-electron chi connectivity index (χ4n) is 1.48. The molecule has 2 nitrogen and oxygen atoms in total. The van der Waals surface area contributed by atoms with Crippen molar-refractivity contribution in [1.29, 1.82) is 0 Å². The zero-order chi connectivity index (χ0) is 16.4. The van der Waals surface area contributed by atoms with Gasteiger partial charge in [-0.2, -0.15) is 5.10 Å². The molecular weight excluding hydrogens is 317 g/mol. The molecule has 0 unspecified atom stereocenters. The predicted octanol–water partition coefficient (Wildman–Crippen LogP) is 4.11. The van der Waals surface area contributed by atoms with Gasteiger partial charge in [-0.15, -0.1) is 0 Å². The lowest BCUT2D eigenvalue weighted by atomic mass is 10.2. The van der Waals surface area contributed by atoms with E-state index in [1.54, 1.807) is 5.43 Å². The van der Waals surface area contributed by atoms with Crippen LogP contribution in [0.4, 0.5) is 36.4 Å². The molecule has 0 spiro atoms. The minimum atomic E-state index is -2.31. The minimum Gasteiger partial charge on any atom is -0.272 e. The number of nitrogens with zero attached hydrogens (tertiary/aromatic N) is 1. The molecule has 2 aromatic carbocycles. The van der Waals surface area contributed by atoms with Crippen LogP contribution in [0.25, 0.3) is 0 Å². The van der Waals surface area contributed by atoms with Crippen molar-refractivity contribution in [2.75, 3.05) is 5.43 Å². The number of hydrogen-bond donors (Lipinski definition) is 1. The molecule has 0 aliphatic heterocycles. The van der Waals surface area contributed by atoms with Gasteiger partial charge in [0.1, 0.15) is 17.3 Å². The van der Waals surface area contributed by atoms with Crippen molar-refractivity contribution in [1.82, 2.24) is 0 Å². The predicted molar refractivity (Wildman–Crippen MR) is 63.8 cm³/mol. The fraction of sp³-hybridized carbons (Fsp3) is 0. The normalized spacial score (nSPS) is 11.2. The largest absolute Gasteiger partial charge is 0.272 e. The third kappa shape index (κ3) is 2.87. The van der Waals surface area contributed by atoms with E-state index < -0.39 is 46.4 Å². The number of halogens is 7. The van der Waals surface area contributed by atoms with Crippen molar-refractivity contribution in [3.63, 3.8) is 0 Å². The van der Waals surface area contributed by atoms with Crippen molar-refractivity contribution in [3.05, 3.63) is 64.5 Å². The maximum atomic E-state index is 13.3. The molecule has 0 saturated carbocycles. The van der Waals surface area contributed by atoms with Gasteiger partial charge in [-0.05, 0) is 12.1 Å². The molecule has 2 rings (SSSR count). The summed E-state index contributed by atoms with van der Waals surface area (Å²) in [4.78, 5) is 0. The summed E-state index contributed by atoms with van der Waals surface area (Å²) >= 11 is 0. The van der Waals surface area contributed by atoms with Gasteiger partial charge in [0.15, 0.2) is 23.3 Å². The molecule has 0 saturated heterocycles. The van der Waals surface area contributed by atoms with E-state index in [0.29, 0.717) is 12.3 Å². The van der Waals surface area contributed by atoms with Gasteiger partial charge < -0.3 is 0 Å². The molecule has 0 heterocycles. The Labute approximate surface area is 118 Å². The van der Waals surface area contributed by atoms with Gasteiger partial charge in [-0.1, -0.05) is 0 Å². The van der Waals surface area contributed by atoms with Crippen LogP contribution in [0.5, 0.6) is 0 Å². The molecule has 1 N–H and O–H groups in total. The topological polar surface area (TPSA) is 24.4 Å². The van der Waals surface area contributed by atoms with Crippen LogP contribution < -0.4 is 5.43 Å². The Morgan fingerprint density at radius 1 is 0.773 bits per heavy atom. The molecule has 2 aromatic rings. The van der Waals surface area contributed by atoms with Crippen molar-refractivity contribution in [3.8, 4) is 0 Å². The third-order valence-electron chi connectivity index (χ3n) is 2.55. The Bertz CT molecular complexity index is 730. The maximum Gasteiger partial charge on any atom is 0.200 e. The number of hydrogen-bond acceptors (Lipinski definition) is 2. The van der Waals surface area contributed by atoms with Crippen LogP contribution in [-0.4, -0.2) is 6.21 Å². The Hall–Kier alpha value is -2.58. The zero-order valence-corrected chi connectivity index (χ0v) is 10.4. The van der Waals surface area contributed by atoms with Crippen LogP contribution in [0.2, 0.25) is 0 Å². The number of hydrazone groups is 1. The molecule has 0 bridgehead atoms. The molecule has 116 valence electrons. The van der Waals surface area contributed by atoms with Gasteiger partial charge in [-0.25, -0.2) is 30.7 Å². The highest BCUT2D eigenvalue weighted by atomic mass is 19.2. The van der Waals surface area contributed by atoms with Crippen LogP contribution in [0.1, 0.15) is 5.56 Å². The third-order valence-corrected chi connectivity index (χ3v) is 2.55. The number of anilines is 1. The molecule has 0 aliphatic carbocycles. The fourth-order valence-corrected chi connectivity index (χ4v) is 1.48. The van der Waals surface area contributed by atoms with E-state index in [4.69, 9.17) is 0 Å². The second-order valence-corrected chi connectivity index (χ2v) is 3.98. The van der Waals surface area contributed by atoms with Gasteiger partial charge in [0.25, 0.3) is 0 Å². The standard InChI is InChI=1S/C13H5F7N2/c14-6-2-1-5(7(15)3-6)4-21-22-13-11(19)9(17)8(16)10(18)12(13)20/h1-4,22H/b21-4+. The van der Waals surface area contributed by atoms with E-state index in [1.165, 1.54) is 0 Å². The Balaban J connectivity index is 2.30. The van der Waals surface area contributed by atoms with E-state index in [2.05, 4.69) is 5.10 Å². The smallest absolute Gasteiger partial charge is 0.200 e. The highest BCUT2D eigenvalue weighted by Gasteiger charge is 2.25. The monoisotopic (exact) mass is 322 g/mol. The Morgan fingerprint density at radius 2 is 1.32 bits per heavy atom. The molecule has 0 fully saturated rings. The first kappa shape index (κ1) is 15.8. The summed E-state index contributed by atoms with van der Waals surface area (Å²) in [5, 5.41) is 3.16. The molecule has 0 aliphatic rings.